The highest BCUT2D eigenvalue weighted by Gasteiger charge is 2.49. The molecule has 3 aromatic rings. The number of hydrogen-bond acceptors (Lipinski definition) is 6. The molecule has 9 heteroatoms. The van der Waals surface area contributed by atoms with E-state index in [-0.39, 0.29) is 24.0 Å². The molecule has 3 fully saturated rings. The highest BCUT2D eigenvalue weighted by Crippen LogP contribution is 2.42. The van der Waals surface area contributed by atoms with Crippen LogP contribution in [0.2, 0.25) is 0 Å². The van der Waals surface area contributed by atoms with Gasteiger partial charge in [0.15, 0.2) is 5.69 Å². The molecule has 3 saturated heterocycles. The number of nitrogens with one attached hydrogen (secondary N) is 1. The fourth-order valence-electron chi connectivity index (χ4n) is 5.73. The molecule has 5 heterocycles. The van der Waals surface area contributed by atoms with Crippen LogP contribution in [-0.2, 0) is 4.79 Å². The minimum absolute atomic E-state index is 0.00174. The van der Waals surface area contributed by atoms with E-state index in [1.54, 1.807) is 4.68 Å². The number of nitrogens with zero attached hydrogens (tertiary/aromatic N) is 4. The van der Waals surface area contributed by atoms with Gasteiger partial charge in [0.05, 0.1) is 17.4 Å². The van der Waals surface area contributed by atoms with Gasteiger partial charge in [-0.05, 0) is 55.3 Å². The first kappa shape index (κ1) is 22.4. The quantitative estimate of drug-likeness (QED) is 0.521. The smallest absolute Gasteiger partial charge is 0.269 e. The van der Waals surface area contributed by atoms with Crippen LogP contribution in [0.5, 0.6) is 11.5 Å². The molecule has 36 heavy (non-hydrogen) atoms. The van der Waals surface area contributed by atoms with Crippen LogP contribution in [-0.4, -0.2) is 63.1 Å². The van der Waals surface area contributed by atoms with E-state index in [4.69, 9.17) is 15.6 Å². The Bertz CT molecular complexity index is 1310. The van der Waals surface area contributed by atoms with Gasteiger partial charge in [0.2, 0.25) is 5.91 Å². The molecule has 4 aliphatic rings. The lowest BCUT2D eigenvalue weighted by molar-refractivity contribution is -0.150. The molecule has 2 amide bonds. The predicted molar refractivity (Wildman–Crippen MR) is 135 cm³/mol. The summed E-state index contributed by atoms with van der Waals surface area (Å²) in [7, 11) is 0. The lowest BCUT2D eigenvalue weighted by Gasteiger charge is -2.57. The summed E-state index contributed by atoms with van der Waals surface area (Å²) in [5, 5.41) is 8.26. The summed E-state index contributed by atoms with van der Waals surface area (Å²) in [4.78, 5) is 29.1. The number of carbonyl (C=O) groups is 2. The number of amides is 2. The van der Waals surface area contributed by atoms with Crippen molar-refractivity contribution < 1.29 is 14.3 Å². The Balaban J connectivity index is 1.28. The standard InChI is InChI=1S/C27H28N6O3/c1-2-23(34)32-18-14-19(32)16-31(15-18)22-12-13-29-25-24(22)30-33(26(25)27(28)35)17-8-10-21(11-9-17)36-20-6-4-3-5-7-20/h2-11,18-19,22,29H,1,12-16H2,(H2,28,35). The Morgan fingerprint density at radius 2 is 1.75 bits per heavy atom. The predicted octanol–water partition coefficient (Wildman–Crippen LogP) is 3.09. The van der Waals surface area contributed by atoms with Crippen molar-refractivity contribution in [3.05, 3.63) is 78.6 Å². The fraction of sp³-hybridized carbons (Fsp3) is 0.296. The summed E-state index contributed by atoms with van der Waals surface area (Å²) in [5.74, 6) is 0.898. The first-order valence-corrected chi connectivity index (χ1v) is 12.2. The summed E-state index contributed by atoms with van der Waals surface area (Å²) >= 11 is 0. The van der Waals surface area contributed by atoms with E-state index >= 15 is 0 Å². The van der Waals surface area contributed by atoms with E-state index < -0.39 is 5.91 Å². The second-order valence-corrected chi connectivity index (χ2v) is 9.47. The Kier molecular flexibility index (Phi) is 5.49. The van der Waals surface area contributed by atoms with Crippen molar-refractivity contribution >= 4 is 17.5 Å². The maximum absolute atomic E-state index is 12.6. The number of nitrogens with two attached hydrogens (primary N) is 1. The number of benzene rings is 2. The Labute approximate surface area is 209 Å². The monoisotopic (exact) mass is 484 g/mol. The van der Waals surface area contributed by atoms with Crippen molar-refractivity contribution in [1.29, 1.82) is 0 Å². The van der Waals surface area contributed by atoms with Crippen molar-refractivity contribution in [3.63, 3.8) is 0 Å². The van der Waals surface area contributed by atoms with Crippen molar-refractivity contribution in [2.24, 2.45) is 5.73 Å². The molecule has 3 N–H and O–H groups in total. The number of fused-ring (bicyclic) bond motifs is 3. The molecule has 9 nitrogen and oxygen atoms in total. The third-order valence-electron chi connectivity index (χ3n) is 7.33. The van der Waals surface area contributed by atoms with E-state index in [9.17, 15) is 9.59 Å². The highest BCUT2D eigenvalue weighted by molar-refractivity contribution is 5.98. The van der Waals surface area contributed by atoms with Crippen LogP contribution in [0.3, 0.4) is 0 Å². The lowest BCUT2D eigenvalue weighted by Crippen LogP contribution is -2.70. The summed E-state index contributed by atoms with van der Waals surface area (Å²) in [6.07, 6.45) is 3.28. The summed E-state index contributed by atoms with van der Waals surface area (Å²) in [5.41, 5.74) is 8.43. The molecule has 0 aliphatic carbocycles. The third-order valence-corrected chi connectivity index (χ3v) is 7.33. The SMILES string of the molecule is C=CC(=O)N1C2CC1CN(C1CCNc3c1nn(-c1ccc(Oc4ccccc4)cc1)c3C(N)=O)C2. The zero-order chi connectivity index (χ0) is 24.8. The molecule has 184 valence electrons. The number of rotatable bonds is 6. The number of anilines is 1. The van der Waals surface area contributed by atoms with E-state index in [0.29, 0.717) is 23.7 Å². The van der Waals surface area contributed by atoms with Gasteiger partial charge in [0, 0.05) is 31.7 Å². The number of piperazine rings is 1. The van der Waals surface area contributed by atoms with Gasteiger partial charge in [0.25, 0.3) is 5.91 Å². The zero-order valence-corrected chi connectivity index (χ0v) is 19.8. The van der Waals surface area contributed by atoms with Gasteiger partial charge in [-0.15, -0.1) is 0 Å². The van der Waals surface area contributed by atoms with Crippen molar-refractivity contribution in [2.45, 2.75) is 31.0 Å². The number of aromatic nitrogens is 2. The average Bonchev–Trinajstić information content (AvgIpc) is 3.30. The first-order valence-electron chi connectivity index (χ1n) is 12.2. The van der Waals surface area contributed by atoms with Crippen LogP contribution in [0, 0.1) is 0 Å². The normalized spacial score (nSPS) is 22.7. The van der Waals surface area contributed by atoms with Gasteiger partial charge in [-0.25, -0.2) is 4.68 Å². The van der Waals surface area contributed by atoms with E-state index in [1.807, 2.05) is 59.5 Å². The van der Waals surface area contributed by atoms with Crippen LogP contribution in [0.1, 0.15) is 35.1 Å². The zero-order valence-electron chi connectivity index (χ0n) is 19.8. The summed E-state index contributed by atoms with van der Waals surface area (Å²) in [6.45, 7) is 5.92. The van der Waals surface area contributed by atoms with Crippen molar-refractivity contribution in [2.75, 3.05) is 25.0 Å². The van der Waals surface area contributed by atoms with Crippen LogP contribution < -0.4 is 15.8 Å². The summed E-state index contributed by atoms with van der Waals surface area (Å²) < 4.78 is 7.53. The number of carbonyl (C=O) groups excluding carboxylic acids is 2. The molecular formula is C27H28N6O3. The molecule has 2 aromatic carbocycles. The number of ether oxygens (including phenoxy) is 1. The molecule has 1 aromatic heterocycles. The van der Waals surface area contributed by atoms with E-state index in [2.05, 4.69) is 16.8 Å². The fourth-order valence-corrected chi connectivity index (χ4v) is 5.73. The molecule has 0 spiro atoms. The molecule has 0 saturated carbocycles. The Morgan fingerprint density at radius 1 is 1.06 bits per heavy atom. The number of piperidine rings is 1. The molecular weight excluding hydrogens is 456 g/mol. The molecule has 7 rings (SSSR count). The van der Waals surface area contributed by atoms with Crippen molar-refractivity contribution in [3.8, 4) is 17.2 Å². The molecule has 3 unspecified atom stereocenters. The molecule has 0 radical (unpaired) electrons. The maximum Gasteiger partial charge on any atom is 0.269 e. The second-order valence-electron chi connectivity index (χ2n) is 9.47. The maximum atomic E-state index is 12.6. The van der Waals surface area contributed by atoms with Crippen LogP contribution in [0.25, 0.3) is 5.69 Å². The Hall–Kier alpha value is -4.11. The average molecular weight is 485 g/mol. The topological polar surface area (TPSA) is 106 Å². The highest BCUT2D eigenvalue weighted by atomic mass is 16.5. The van der Waals surface area contributed by atoms with Gasteiger partial charge in [0.1, 0.15) is 17.2 Å². The number of para-hydroxylation sites is 1. The number of primary amides is 1. The van der Waals surface area contributed by atoms with Gasteiger partial charge >= 0.3 is 0 Å². The van der Waals surface area contributed by atoms with Crippen LogP contribution in [0.15, 0.2) is 67.3 Å². The van der Waals surface area contributed by atoms with Gasteiger partial charge in [-0.1, -0.05) is 24.8 Å². The minimum atomic E-state index is -0.536. The molecule has 4 aliphatic heterocycles. The van der Waals surface area contributed by atoms with Crippen LogP contribution >= 0.6 is 0 Å². The minimum Gasteiger partial charge on any atom is -0.457 e. The number of hydrogen-bond donors (Lipinski definition) is 2. The Morgan fingerprint density at radius 3 is 2.42 bits per heavy atom. The van der Waals surface area contributed by atoms with Crippen LogP contribution in [0.4, 0.5) is 5.69 Å². The van der Waals surface area contributed by atoms with Gasteiger partial charge < -0.3 is 20.7 Å². The first-order chi connectivity index (χ1) is 17.5. The second kappa shape index (κ2) is 8.83. The van der Waals surface area contributed by atoms with Crippen molar-refractivity contribution in [1.82, 2.24) is 19.6 Å². The van der Waals surface area contributed by atoms with Gasteiger partial charge in [-0.3, -0.25) is 14.5 Å². The van der Waals surface area contributed by atoms with E-state index in [0.717, 1.165) is 43.1 Å². The third kappa shape index (κ3) is 3.72. The van der Waals surface area contributed by atoms with E-state index in [1.165, 1.54) is 6.08 Å². The summed E-state index contributed by atoms with van der Waals surface area (Å²) in [6, 6.07) is 17.4. The lowest BCUT2D eigenvalue weighted by atomic mass is 9.85. The largest absolute Gasteiger partial charge is 0.457 e. The molecule has 2 bridgehead atoms. The van der Waals surface area contributed by atoms with Gasteiger partial charge in [-0.2, -0.15) is 5.10 Å². The molecule has 3 atom stereocenters.